The molecule has 1 aromatic heterocycles. The average molecular weight is 308 g/mol. The van der Waals surface area contributed by atoms with Gasteiger partial charge in [0.05, 0.1) is 17.4 Å². The maximum atomic E-state index is 13.0. The highest BCUT2D eigenvalue weighted by Gasteiger charge is 2.47. The van der Waals surface area contributed by atoms with Gasteiger partial charge in [0.15, 0.2) is 5.69 Å². The third-order valence-corrected chi connectivity index (χ3v) is 2.54. The second kappa shape index (κ2) is 4.90. The Morgan fingerprint density at radius 1 is 1.00 bits per heavy atom. The lowest BCUT2D eigenvalue weighted by atomic mass is 10.1. The molecule has 1 aromatic carbocycles. The molecule has 1 heterocycles. The Labute approximate surface area is 113 Å². The van der Waals surface area contributed by atoms with E-state index in [-0.39, 0.29) is 16.6 Å². The molecule has 0 aliphatic rings. The van der Waals surface area contributed by atoms with E-state index in [4.69, 9.17) is 0 Å². The fourth-order valence-corrected chi connectivity index (χ4v) is 1.71. The lowest BCUT2D eigenvalue weighted by Crippen LogP contribution is -2.26. The quantitative estimate of drug-likeness (QED) is 0.627. The van der Waals surface area contributed by atoms with Crippen LogP contribution in [-0.2, 0) is 6.18 Å². The van der Waals surface area contributed by atoms with E-state index >= 15 is 0 Å². The minimum Gasteiger partial charge on any atom is -0.284 e. The van der Waals surface area contributed by atoms with Gasteiger partial charge < -0.3 is 0 Å². The topological polar surface area (TPSA) is 34.9 Å². The normalized spacial score (nSPS) is 12.5. The number of hydrogen-bond donors (Lipinski definition) is 0. The molecule has 0 amide bonds. The molecule has 0 atom stereocenters. The van der Waals surface area contributed by atoms with Gasteiger partial charge in [0.25, 0.3) is 5.78 Å². The third-order valence-electron chi connectivity index (χ3n) is 2.54. The molecule has 21 heavy (non-hydrogen) atoms. The molecule has 0 spiro atoms. The van der Waals surface area contributed by atoms with Crippen molar-refractivity contribution in [2.45, 2.75) is 12.4 Å². The molecule has 0 saturated heterocycles. The zero-order valence-electron chi connectivity index (χ0n) is 10.0. The van der Waals surface area contributed by atoms with Crippen molar-refractivity contribution in [2.24, 2.45) is 0 Å². The first-order valence-corrected chi connectivity index (χ1v) is 5.44. The first kappa shape index (κ1) is 15.1. The minimum absolute atomic E-state index is 0.106. The summed E-state index contributed by atoms with van der Waals surface area (Å²) in [5.41, 5.74) is -3.39. The number of halogens is 6. The van der Waals surface area contributed by atoms with Gasteiger partial charge in [0, 0.05) is 0 Å². The maximum absolute atomic E-state index is 13.0. The molecule has 0 N–H and O–H groups in total. The number of rotatable bonds is 2. The monoisotopic (exact) mass is 308 g/mol. The highest BCUT2D eigenvalue weighted by atomic mass is 19.4. The number of carbonyl (C=O) groups is 1. The summed E-state index contributed by atoms with van der Waals surface area (Å²) in [7, 11) is 0. The molecule has 0 saturated carbocycles. The van der Waals surface area contributed by atoms with Crippen LogP contribution in [0.25, 0.3) is 5.69 Å². The van der Waals surface area contributed by atoms with Gasteiger partial charge >= 0.3 is 12.4 Å². The number of ketones is 1. The van der Waals surface area contributed by atoms with Crippen molar-refractivity contribution in [3.63, 3.8) is 0 Å². The lowest BCUT2D eigenvalue weighted by molar-refractivity contribution is -0.143. The summed E-state index contributed by atoms with van der Waals surface area (Å²) < 4.78 is 76.3. The van der Waals surface area contributed by atoms with E-state index in [1.807, 2.05) is 0 Å². The van der Waals surface area contributed by atoms with E-state index in [0.29, 0.717) is 0 Å². The van der Waals surface area contributed by atoms with Crippen molar-refractivity contribution >= 4 is 5.78 Å². The summed E-state index contributed by atoms with van der Waals surface area (Å²) in [6, 6.07) is 6.75. The van der Waals surface area contributed by atoms with Gasteiger partial charge in [-0.3, -0.25) is 4.79 Å². The molecular weight excluding hydrogens is 302 g/mol. The van der Waals surface area contributed by atoms with Crippen LogP contribution in [0, 0.1) is 0 Å². The fraction of sp³-hybridized carbons (Fsp3) is 0.167. The van der Waals surface area contributed by atoms with Crippen LogP contribution in [0.5, 0.6) is 0 Å². The molecule has 2 rings (SSSR count). The number of benzene rings is 1. The summed E-state index contributed by atoms with van der Waals surface area (Å²) in [6.45, 7) is 0. The summed E-state index contributed by atoms with van der Waals surface area (Å²) in [4.78, 5) is 11.1. The molecule has 0 aliphatic carbocycles. The Morgan fingerprint density at radius 2 is 1.57 bits per heavy atom. The van der Waals surface area contributed by atoms with Gasteiger partial charge in [-0.15, -0.1) is 0 Å². The van der Waals surface area contributed by atoms with Gasteiger partial charge in [-0.05, 0) is 12.1 Å². The number of Topliss-reactive ketones (excluding diaryl/α,β-unsaturated/α-hetero) is 1. The SMILES string of the molecule is O=C(c1cnn(-c2ccccc2)c1C(F)(F)F)C(F)(F)F. The predicted octanol–water partition coefficient (Wildman–Crippen LogP) is 3.64. The molecule has 2 aromatic rings. The number of nitrogens with zero attached hydrogens (tertiary/aromatic N) is 2. The van der Waals surface area contributed by atoms with Gasteiger partial charge in [0.2, 0.25) is 0 Å². The summed E-state index contributed by atoms with van der Waals surface area (Å²) >= 11 is 0. The maximum Gasteiger partial charge on any atom is 0.455 e. The van der Waals surface area contributed by atoms with Gasteiger partial charge in [-0.2, -0.15) is 31.4 Å². The zero-order valence-corrected chi connectivity index (χ0v) is 10.0. The van der Waals surface area contributed by atoms with Crippen LogP contribution >= 0.6 is 0 Å². The Kier molecular flexibility index (Phi) is 3.52. The standard InChI is InChI=1S/C12H6F6N2O/c13-11(14,15)9-8(10(21)12(16,17)18)6-19-20(9)7-4-2-1-3-5-7/h1-6H. The van der Waals surface area contributed by atoms with Crippen LogP contribution in [0.15, 0.2) is 36.5 Å². The van der Waals surface area contributed by atoms with E-state index in [9.17, 15) is 31.1 Å². The van der Waals surface area contributed by atoms with E-state index in [1.165, 1.54) is 30.3 Å². The highest BCUT2D eigenvalue weighted by molar-refractivity contribution is 6.01. The fourth-order valence-electron chi connectivity index (χ4n) is 1.71. The van der Waals surface area contributed by atoms with E-state index in [2.05, 4.69) is 5.10 Å². The van der Waals surface area contributed by atoms with E-state index in [1.54, 1.807) is 0 Å². The average Bonchev–Trinajstić information content (AvgIpc) is 2.82. The molecule has 9 heteroatoms. The van der Waals surface area contributed by atoms with Crippen molar-refractivity contribution < 1.29 is 31.1 Å². The van der Waals surface area contributed by atoms with E-state index in [0.717, 1.165) is 0 Å². The Morgan fingerprint density at radius 3 is 2.05 bits per heavy atom. The van der Waals surface area contributed by atoms with Crippen molar-refractivity contribution in [1.82, 2.24) is 9.78 Å². The molecule has 0 unspecified atom stereocenters. The summed E-state index contributed by atoms with van der Waals surface area (Å²) in [6.07, 6.45) is -10.3. The molecule has 0 radical (unpaired) electrons. The van der Waals surface area contributed by atoms with Crippen molar-refractivity contribution in [3.8, 4) is 5.69 Å². The zero-order chi connectivity index (χ0) is 15.8. The highest BCUT2D eigenvalue weighted by Crippen LogP contribution is 2.36. The van der Waals surface area contributed by atoms with E-state index < -0.39 is 29.4 Å². The first-order valence-electron chi connectivity index (χ1n) is 5.44. The second-order valence-electron chi connectivity index (χ2n) is 3.98. The number of hydrogen-bond acceptors (Lipinski definition) is 2. The van der Waals surface area contributed by atoms with Gasteiger partial charge in [-0.1, -0.05) is 18.2 Å². The number of para-hydroxylation sites is 1. The van der Waals surface area contributed by atoms with Crippen LogP contribution in [0.3, 0.4) is 0 Å². The van der Waals surface area contributed by atoms with Crippen LogP contribution in [0.4, 0.5) is 26.3 Å². The Bertz CT molecular complexity index is 657. The largest absolute Gasteiger partial charge is 0.455 e. The van der Waals surface area contributed by atoms with Gasteiger partial charge in [0.1, 0.15) is 0 Å². The van der Waals surface area contributed by atoms with Crippen LogP contribution in [0.2, 0.25) is 0 Å². The minimum atomic E-state index is -5.41. The molecule has 0 fully saturated rings. The Hall–Kier alpha value is -2.32. The third kappa shape index (κ3) is 2.91. The number of alkyl halides is 6. The summed E-state index contributed by atoms with van der Waals surface area (Å²) in [5.74, 6) is -2.59. The molecule has 0 aliphatic heterocycles. The van der Waals surface area contributed by atoms with Crippen molar-refractivity contribution in [3.05, 3.63) is 47.8 Å². The molecule has 3 nitrogen and oxygen atoms in total. The lowest BCUT2D eigenvalue weighted by Gasteiger charge is -2.13. The first-order chi connectivity index (χ1) is 9.62. The van der Waals surface area contributed by atoms with Crippen molar-refractivity contribution in [1.29, 1.82) is 0 Å². The predicted molar refractivity (Wildman–Crippen MR) is 59.0 cm³/mol. The molecular formula is C12H6F6N2O. The Balaban J connectivity index is 2.66. The van der Waals surface area contributed by atoms with Crippen molar-refractivity contribution in [2.75, 3.05) is 0 Å². The summed E-state index contributed by atoms with van der Waals surface area (Å²) in [5, 5.41) is 3.26. The van der Waals surface area contributed by atoms with Gasteiger partial charge in [-0.25, -0.2) is 4.68 Å². The number of aromatic nitrogens is 2. The molecule has 0 bridgehead atoms. The number of carbonyl (C=O) groups excluding carboxylic acids is 1. The second-order valence-corrected chi connectivity index (χ2v) is 3.98. The smallest absolute Gasteiger partial charge is 0.284 e. The molecule has 112 valence electrons. The van der Waals surface area contributed by atoms with Crippen LogP contribution in [-0.4, -0.2) is 21.7 Å². The van der Waals surface area contributed by atoms with Crippen LogP contribution < -0.4 is 0 Å². The van der Waals surface area contributed by atoms with Crippen LogP contribution in [0.1, 0.15) is 16.1 Å².